The number of benzene rings is 2. The number of imidazole rings is 1. The number of aryl methyl sites for hydroxylation is 1. The second-order valence-corrected chi connectivity index (χ2v) is 8.32. The van der Waals surface area contributed by atoms with Gasteiger partial charge in [-0.25, -0.2) is 14.3 Å². The molecule has 4 aromatic rings. The van der Waals surface area contributed by atoms with Gasteiger partial charge in [0.05, 0.1) is 35.2 Å². The van der Waals surface area contributed by atoms with Gasteiger partial charge in [0.1, 0.15) is 11.6 Å². The minimum Gasteiger partial charge on any atom is -0.494 e. The molecule has 38 heavy (non-hydrogen) atoms. The van der Waals surface area contributed by atoms with Gasteiger partial charge in [-0.2, -0.15) is 4.98 Å². The van der Waals surface area contributed by atoms with Gasteiger partial charge < -0.3 is 25.6 Å². The van der Waals surface area contributed by atoms with Gasteiger partial charge in [-0.15, -0.1) is 12.4 Å². The second-order valence-electron chi connectivity index (χ2n) is 8.32. The standard InChI is InChI=1S/C26H30N8O3.ClH/c1-6-24(35)29-17-15-18(22(37-5)16-21(17)32(3)14-13-27-2)30-25-28-12-11-23(31-25)34-20-10-8-7-9-19(20)33(4)26(34)36;/h6-12,15-16,27H,1,13-14H2,2-5H3,(H,29,35)(H,28,30,31);1H. The van der Waals surface area contributed by atoms with Crippen molar-refractivity contribution in [1.82, 2.24) is 24.4 Å². The quantitative estimate of drug-likeness (QED) is 0.264. The molecule has 0 atom stereocenters. The fraction of sp³-hybridized carbons (Fsp3) is 0.231. The van der Waals surface area contributed by atoms with Crippen molar-refractivity contribution in [3.05, 3.63) is 71.8 Å². The number of amides is 1. The van der Waals surface area contributed by atoms with Crippen LogP contribution in [0.3, 0.4) is 0 Å². The summed E-state index contributed by atoms with van der Waals surface area (Å²) >= 11 is 0. The summed E-state index contributed by atoms with van der Waals surface area (Å²) in [6.07, 6.45) is 2.79. The van der Waals surface area contributed by atoms with Crippen LogP contribution in [0, 0.1) is 0 Å². The van der Waals surface area contributed by atoms with Gasteiger partial charge in [-0.3, -0.25) is 9.36 Å². The minimum absolute atomic E-state index is 0. The normalized spacial score (nSPS) is 10.5. The number of rotatable bonds is 10. The topological polar surface area (TPSA) is 118 Å². The maximum Gasteiger partial charge on any atom is 0.334 e. The highest BCUT2D eigenvalue weighted by Gasteiger charge is 2.17. The number of anilines is 4. The Morgan fingerprint density at radius 2 is 1.92 bits per heavy atom. The first-order valence-corrected chi connectivity index (χ1v) is 11.7. The van der Waals surface area contributed by atoms with Crippen LogP contribution in [0.25, 0.3) is 16.9 Å². The third kappa shape index (κ3) is 5.63. The molecule has 0 aliphatic carbocycles. The van der Waals surface area contributed by atoms with E-state index in [0.717, 1.165) is 23.3 Å². The summed E-state index contributed by atoms with van der Waals surface area (Å²) in [6, 6.07) is 12.8. The Hall–Kier alpha value is -4.35. The summed E-state index contributed by atoms with van der Waals surface area (Å²) in [7, 11) is 7.09. The largest absolute Gasteiger partial charge is 0.494 e. The molecule has 2 heterocycles. The Labute approximate surface area is 226 Å². The Kier molecular flexibility index (Phi) is 9.11. The highest BCUT2D eigenvalue weighted by molar-refractivity contribution is 6.02. The first-order valence-electron chi connectivity index (χ1n) is 11.7. The van der Waals surface area contributed by atoms with E-state index in [1.807, 2.05) is 49.3 Å². The predicted molar refractivity (Wildman–Crippen MR) is 154 cm³/mol. The second kappa shape index (κ2) is 12.3. The van der Waals surface area contributed by atoms with Crippen LogP contribution in [0.5, 0.6) is 5.75 Å². The number of para-hydroxylation sites is 2. The summed E-state index contributed by atoms with van der Waals surface area (Å²) in [5.41, 5.74) is 3.18. The van der Waals surface area contributed by atoms with E-state index in [1.165, 1.54) is 10.6 Å². The van der Waals surface area contributed by atoms with Gasteiger partial charge in [0.2, 0.25) is 11.9 Å². The molecule has 0 fully saturated rings. The van der Waals surface area contributed by atoms with Crippen LogP contribution in [0.15, 0.2) is 66.1 Å². The highest BCUT2D eigenvalue weighted by atomic mass is 35.5. The molecule has 0 aliphatic heterocycles. The Morgan fingerprint density at radius 3 is 2.61 bits per heavy atom. The van der Waals surface area contributed by atoms with Crippen LogP contribution < -0.4 is 31.3 Å². The lowest BCUT2D eigenvalue weighted by atomic mass is 10.2. The molecule has 0 saturated heterocycles. The average molecular weight is 539 g/mol. The van der Waals surface area contributed by atoms with E-state index in [2.05, 4.69) is 32.5 Å². The van der Waals surface area contributed by atoms with E-state index >= 15 is 0 Å². The summed E-state index contributed by atoms with van der Waals surface area (Å²) in [5.74, 6) is 0.863. The van der Waals surface area contributed by atoms with E-state index in [4.69, 9.17) is 4.74 Å². The van der Waals surface area contributed by atoms with E-state index in [0.29, 0.717) is 29.5 Å². The maximum atomic E-state index is 13.0. The fourth-order valence-corrected chi connectivity index (χ4v) is 4.00. The molecule has 0 saturated carbocycles. The fourth-order valence-electron chi connectivity index (χ4n) is 4.00. The maximum absolute atomic E-state index is 13.0. The Morgan fingerprint density at radius 1 is 1.18 bits per heavy atom. The number of hydrogen-bond donors (Lipinski definition) is 3. The number of nitrogens with one attached hydrogen (secondary N) is 3. The van der Waals surface area contributed by atoms with Crippen molar-refractivity contribution in [3.63, 3.8) is 0 Å². The van der Waals surface area contributed by atoms with Crippen LogP contribution in [-0.4, -0.2) is 59.3 Å². The van der Waals surface area contributed by atoms with E-state index in [9.17, 15) is 9.59 Å². The first-order chi connectivity index (χ1) is 17.9. The van der Waals surface area contributed by atoms with E-state index < -0.39 is 0 Å². The van der Waals surface area contributed by atoms with E-state index in [1.54, 1.807) is 37.1 Å². The van der Waals surface area contributed by atoms with Crippen molar-refractivity contribution in [2.45, 2.75) is 0 Å². The summed E-state index contributed by atoms with van der Waals surface area (Å²) in [5, 5.41) is 9.15. The van der Waals surface area contributed by atoms with Crippen LogP contribution in [-0.2, 0) is 11.8 Å². The number of hydrogen-bond acceptors (Lipinski definition) is 8. The number of aromatic nitrogens is 4. The Bertz CT molecular complexity index is 1510. The number of nitrogens with zero attached hydrogens (tertiary/aromatic N) is 5. The molecule has 0 aliphatic rings. The van der Waals surface area contributed by atoms with Gasteiger partial charge in [-0.05, 0) is 31.3 Å². The molecule has 12 heteroatoms. The number of methoxy groups -OCH3 is 1. The molecular formula is C26H31ClN8O3. The molecule has 200 valence electrons. The number of carbonyl (C=O) groups excluding carboxylic acids is 1. The monoisotopic (exact) mass is 538 g/mol. The van der Waals surface area contributed by atoms with Crippen LogP contribution in [0.4, 0.5) is 23.0 Å². The molecule has 0 radical (unpaired) electrons. The SMILES string of the molecule is C=CC(=O)Nc1cc(Nc2nccc(-n3c(=O)n(C)c4ccccc43)n2)c(OC)cc1N(C)CCNC.Cl. The zero-order valence-corrected chi connectivity index (χ0v) is 22.5. The number of halogens is 1. The number of likely N-dealkylation sites (N-methyl/N-ethyl adjacent to an activating group) is 2. The van der Waals surface area contributed by atoms with Crippen molar-refractivity contribution < 1.29 is 9.53 Å². The smallest absolute Gasteiger partial charge is 0.334 e. The van der Waals surface area contributed by atoms with E-state index in [-0.39, 0.29) is 30.0 Å². The van der Waals surface area contributed by atoms with Gasteiger partial charge in [-0.1, -0.05) is 18.7 Å². The van der Waals surface area contributed by atoms with Crippen LogP contribution >= 0.6 is 12.4 Å². The Balaban J connectivity index is 0.00000400. The van der Waals surface area contributed by atoms with Crippen LogP contribution in [0.1, 0.15) is 0 Å². The number of fused-ring (bicyclic) bond motifs is 1. The molecule has 0 spiro atoms. The van der Waals surface area contributed by atoms with Crippen molar-refractivity contribution >= 4 is 52.4 Å². The third-order valence-corrected chi connectivity index (χ3v) is 5.95. The zero-order chi connectivity index (χ0) is 26.5. The lowest BCUT2D eigenvalue weighted by molar-refractivity contribution is -0.111. The lowest BCUT2D eigenvalue weighted by Gasteiger charge is -2.24. The third-order valence-electron chi connectivity index (χ3n) is 5.95. The van der Waals surface area contributed by atoms with Gasteiger partial charge >= 0.3 is 5.69 Å². The van der Waals surface area contributed by atoms with Crippen molar-refractivity contribution in [3.8, 4) is 11.6 Å². The average Bonchev–Trinajstić information content (AvgIpc) is 3.17. The molecule has 0 bridgehead atoms. The molecule has 2 aromatic carbocycles. The van der Waals surface area contributed by atoms with Gasteiger partial charge in [0.25, 0.3) is 0 Å². The van der Waals surface area contributed by atoms with Crippen molar-refractivity contribution in [1.29, 1.82) is 0 Å². The number of carbonyl (C=O) groups is 1. The van der Waals surface area contributed by atoms with Gasteiger partial charge in [0, 0.05) is 45.5 Å². The summed E-state index contributed by atoms with van der Waals surface area (Å²) in [6.45, 7) is 5.00. The summed E-state index contributed by atoms with van der Waals surface area (Å²) in [4.78, 5) is 36.1. The minimum atomic E-state index is -0.340. The number of ether oxygens (including phenoxy) is 1. The summed E-state index contributed by atoms with van der Waals surface area (Å²) < 4.78 is 8.75. The highest BCUT2D eigenvalue weighted by Crippen LogP contribution is 2.37. The lowest BCUT2D eigenvalue weighted by Crippen LogP contribution is -2.28. The molecule has 4 rings (SSSR count). The van der Waals surface area contributed by atoms with Crippen molar-refractivity contribution in [2.24, 2.45) is 7.05 Å². The molecule has 0 unspecified atom stereocenters. The van der Waals surface area contributed by atoms with Crippen molar-refractivity contribution in [2.75, 3.05) is 49.8 Å². The van der Waals surface area contributed by atoms with Crippen LogP contribution in [0.2, 0.25) is 0 Å². The molecule has 1 amide bonds. The molecule has 2 aromatic heterocycles. The molecule has 11 nitrogen and oxygen atoms in total. The first kappa shape index (κ1) is 28.2. The predicted octanol–water partition coefficient (Wildman–Crippen LogP) is 3.07. The van der Waals surface area contributed by atoms with Gasteiger partial charge in [0.15, 0.2) is 0 Å². The molecular weight excluding hydrogens is 508 g/mol. The molecule has 3 N–H and O–H groups in total. The zero-order valence-electron chi connectivity index (χ0n) is 21.7.